The van der Waals surface area contributed by atoms with Crippen LogP contribution in [0.2, 0.25) is 0 Å². The zero-order valence-corrected chi connectivity index (χ0v) is 15.7. The number of benzene rings is 1. The lowest BCUT2D eigenvalue weighted by Crippen LogP contribution is -2.31. The van der Waals surface area contributed by atoms with Crippen LogP contribution in [0.25, 0.3) is 5.65 Å². The quantitative estimate of drug-likeness (QED) is 0.756. The van der Waals surface area contributed by atoms with Crippen molar-refractivity contribution in [3.8, 4) is 5.75 Å². The standard InChI is InChI=1S/C21H24N4O2/c1-15-10-19(20-22-7-9-25(20)13-15)21(26)23-12-16-6-8-24(14-16)17-4-3-5-18(11-17)27-2/h3-5,7,9-11,13,16H,6,8,12,14H2,1-2H3,(H,23,26). The molecule has 0 spiro atoms. The molecule has 1 aliphatic rings. The Morgan fingerprint density at radius 2 is 2.26 bits per heavy atom. The van der Waals surface area contributed by atoms with Crippen LogP contribution in [-0.2, 0) is 0 Å². The van der Waals surface area contributed by atoms with Crippen LogP contribution in [0.3, 0.4) is 0 Å². The molecule has 1 saturated heterocycles. The summed E-state index contributed by atoms with van der Waals surface area (Å²) in [5.41, 5.74) is 3.53. The van der Waals surface area contributed by atoms with E-state index in [9.17, 15) is 4.79 Å². The maximum atomic E-state index is 12.7. The summed E-state index contributed by atoms with van der Waals surface area (Å²) in [5.74, 6) is 1.24. The molecule has 1 amide bonds. The molecule has 0 aliphatic carbocycles. The first-order chi connectivity index (χ1) is 13.1. The van der Waals surface area contributed by atoms with E-state index in [0.717, 1.165) is 30.8 Å². The van der Waals surface area contributed by atoms with E-state index in [4.69, 9.17) is 4.74 Å². The molecule has 4 rings (SSSR count). The fourth-order valence-corrected chi connectivity index (χ4v) is 3.72. The number of hydrogen-bond donors (Lipinski definition) is 1. The van der Waals surface area contributed by atoms with Gasteiger partial charge in [-0.1, -0.05) is 6.07 Å². The molecule has 1 fully saturated rings. The number of nitrogens with zero attached hydrogens (tertiary/aromatic N) is 3. The number of aromatic nitrogens is 2. The van der Waals surface area contributed by atoms with Crippen LogP contribution in [-0.4, -0.2) is 42.0 Å². The van der Waals surface area contributed by atoms with Gasteiger partial charge in [-0.15, -0.1) is 0 Å². The van der Waals surface area contributed by atoms with Crippen molar-refractivity contribution in [1.82, 2.24) is 14.7 Å². The third-order valence-electron chi connectivity index (χ3n) is 5.12. The summed E-state index contributed by atoms with van der Waals surface area (Å²) in [7, 11) is 1.68. The Morgan fingerprint density at radius 3 is 3.11 bits per heavy atom. The molecule has 1 atom stereocenters. The maximum Gasteiger partial charge on any atom is 0.255 e. The van der Waals surface area contributed by atoms with Gasteiger partial charge in [0.25, 0.3) is 5.91 Å². The van der Waals surface area contributed by atoms with Crippen molar-refractivity contribution < 1.29 is 9.53 Å². The van der Waals surface area contributed by atoms with Crippen molar-refractivity contribution in [1.29, 1.82) is 0 Å². The molecule has 6 heteroatoms. The first-order valence-electron chi connectivity index (χ1n) is 9.24. The highest BCUT2D eigenvalue weighted by molar-refractivity contribution is 6.00. The number of aryl methyl sites for hydroxylation is 1. The van der Waals surface area contributed by atoms with Gasteiger partial charge >= 0.3 is 0 Å². The summed E-state index contributed by atoms with van der Waals surface area (Å²) < 4.78 is 7.21. The number of hydrogen-bond acceptors (Lipinski definition) is 4. The van der Waals surface area contributed by atoms with Crippen LogP contribution < -0.4 is 15.0 Å². The minimum absolute atomic E-state index is 0.0604. The SMILES string of the molecule is COc1cccc(N2CCC(CNC(=O)c3cc(C)cn4ccnc34)C2)c1. The molecule has 1 N–H and O–H groups in total. The first kappa shape index (κ1) is 17.4. The van der Waals surface area contributed by atoms with Gasteiger partial charge < -0.3 is 19.4 Å². The van der Waals surface area contributed by atoms with Crippen molar-refractivity contribution in [2.45, 2.75) is 13.3 Å². The average molecular weight is 364 g/mol. The summed E-state index contributed by atoms with van der Waals surface area (Å²) in [6.07, 6.45) is 6.61. The predicted octanol–water partition coefficient (Wildman–Crippen LogP) is 2.91. The van der Waals surface area contributed by atoms with Crippen LogP contribution in [0.5, 0.6) is 5.75 Å². The lowest BCUT2D eigenvalue weighted by atomic mass is 10.1. The van der Waals surface area contributed by atoms with Crippen molar-refractivity contribution in [2.24, 2.45) is 5.92 Å². The van der Waals surface area contributed by atoms with E-state index in [1.165, 1.54) is 5.69 Å². The summed E-state index contributed by atoms with van der Waals surface area (Å²) in [5, 5.41) is 3.10. The van der Waals surface area contributed by atoms with Crippen molar-refractivity contribution in [3.05, 3.63) is 60.0 Å². The molecular formula is C21H24N4O2. The molecule has 0 radical (unpaired) electrons. The fraction of sp³-hybridized carbons (Fsp3) is 0.333. The van der Waals surface area contributed by atoms with Crippen LogP contribution in [0.15, 0.2) is 48.9 Å². The molecule has 1 aliphatic heterocycles. The molecule has 6 nitrogen and oxygen atoms in total. The highest BCUT2D eigenvalue weighted by atomic mass is 16.5. The molecule has 2 aromatic heterocycles. The minimum Gasteiger partial charge on any atom is -0.497 e. The summed E-state index contributed by atoms with van der Waals surface area (Å²) >= 11 is 0. The van der Waals surface area contributed by atoms with E-state index in [2.05, 4.69) is 27.3 Å². The number of nitrogens with one attached hydrogen (secondary N) is 1. The normalized spacial score (nSPS) is 16.7. The lowest BCUT2D eigenvalue weighted by molar-refractivity contribution is 0.0949. The van der Waals surface area contributed by atoms with Crippen LogP contribution in [0.1, 0.15) is 22.3 Å². The Morgan fingerprint density at radius 1 is 1.37 bits per heavy atom. The highest BCUT2D eigenvalue weighted by Crippen LogP contribution is 2.26. The van der Waals surface area contributed by atoms with Gasteiger partial charge in [-0.3, -0.25) is 4.79 Å². The second kappa shape index (κ2) is 7.31. The topological polar surface area (TPSA) is 58.9 Å². The Hall–Kier alpha value is -3.02. The van der Waals surface area contributed by atoms with Gasteiger partial charge in [0.2, 0.25) is 0 Å². The third-order valence-corrected chi connectivity index (χ3v) is 5.12. The number of carbonyl (C=O) groups is 1. The number of pyridine rings is 1. The Labute approximate surface area is 158 Å². The van der Waals surface area contributed by atoms with E-state index in [0.29, 0.717) is 23.7 Å². The van der Waals surface area contributed by atoms with Gasteiger partial charge in [-0.25, -0.2) is 4.98 Å². The van der Waals surface area contributed by atoms with Gasteiger partial charge in [-0.05, 0) is 43.0 Å². The van der Waals surface area contributed by atoms with Crippen molar-refractivity contribution in [2.75, 3.05) is 31.6 Å². The number of carbonyl (C=O) groups excluding carboxylic acids is 1. The van der Waals surface area contributed by atoms with Crippen LogP contribution >= 0.6 is 0 Å². The number of fused-ring (bicyclic) bond motifs is 1. The van der Waals surface area contributed by atoms with Gasteiger partial charge in [0.1, 0.15) is 11.4 Å². The van der Waals surface area contributed by atoms with Gasteiger partial charge in [-0.2, -0.15) is 0 Å². The maximum absolute atomic E-state index is 12.7. The summed E-state index contributed by atoms with van der Waals surface area (Å²) in [6.45, 7) is 4.57. The van der Waals surface area contributed by atoms with E-state index in [1.807, 2.05) is 41.9 Å². The lowest BCUT2D eigenvalue weighted by Gasteiger charge is -2.19. The molecule has 0 bridgehead atoms. The molecule has 140 valence electrons. The summed E-state index contributed by atoms with van der Waals surface area (Å²) in [6, 6.07) is 10.0. The van der Waals surface area contributed by atoms with E-state index in [1.54, 1.807) is 13.3 Å². The largest absolute Gasteiger partial charge is 0.497 e. The van der Waals surface area contributed by atoms with E-state index < -0.39 is 0 Å². The number of imidazole rings is 1. The Kier molecular flexibility index (Phi) is 4.71. The number of amides is 1. The average Bonchev–Trinajstić information content (AvgIpc) is 3.34. The molecule has 1 aromatic carbocycles. The first-order valence-corrected chi connectivity index (χ1v) is 9.24. The number of methoxy groups -OCH3 is 1. The van der Waals surface area contributed by atoms with Gasteiger partial charge in [0.05, 0.1) is 12.7 Å². The molecule has 3 heterocycles. The number of ether oxygens (including phenoxy) is 1. The number of rotatable bonds is 5. The van der Waals surface area contributed by atoms with Crippen LogP contribution in [0, 0.1) is 12.8 Å². The molecule has 1 unspecified atom stereocenters. The zero-order valence-electron chi connectivity index (χ0n) is 15.7. The van der Waals surface area contributed by atoms with E-state index in [-0.39, 0.29) is 5.91 Å². The third kappa shape index (κ3) is 3.60. The second-order valence-electron chi connectivity index (χ2n) is 7.10. The zero-order chi connectivity index (χ0) is 18.8. The highest BCUT2D eigenvalue weighted by Gasteiger charge is 2.24. The van der Waals surface area contributed by atoms with Crippen molar-refractivity contribution >= 4 is 17.2 Å². The monoisotopic (exact) mass is 364 g/mol. The Balaban J connectivity index is 1.39. The molecular weight excluding hydrogens is 340 g/mol. The van der Waals surface area contributed by atoms with E-state index >= 15 is 0 Å². The minimum atomic E-state index is -0.0604. The molecule has 0 saturated carbocycles. The predicted molar refractivity (Wildman–Crippen MR) is 106 cm³/mol. The van der Waals surface area contributed by atoms with Gasteiger partial charge in [0, 0.05) is 50.0 Å². The van der Waals surface area contributed by atoms with Crippen molar-refractivity contribution in [3.63, 3.8) is 0 Å². The molecule has 27 heavy (non-hydrogen) atoms. The summed E-state index contributed by atoms with van der Waals surface area (Å²) in [4.78, 5) is 19.4. The van der Waals surface area contributed by atoms with Crippen LogP contribution in [0.4, 0.5) is 5.69 Å². The molecule has 3 aromatic rings. The smallest absolute Gasteiger partial charge is 0.255 e. The fourth-order valence-electron chi connectivity index (χ4n) is 3.72. The second-order valence-corrected chi connectivity index (χ2v) is 7.10. The number of anilines is 1. The Bertz CT molecular complexity index is 966. The van der Waals surface area contributed by atoms with Gasteiger partial charge in [0.15, 0.2) is 0 Å².